The van der Waals surface area contributed by atoms with Crippen LogP contribution in [0.25, 0.3) is 0 Å². The molecule has 1 aromatic carbocycles. The zero-order chi connectivity index (χ0) is 8.43. The number of hydrogen-bond donors (Lipinski definition) is 1. The molecule has 2 nitrogen and oxygen atoms in total. The third-order valence-electron chi connectivity index (χ3n) is 1.13. The molecule has 0 saturated carbocycles. The van der Waals surface area contributed by atoms with E-state index in [0.717, 1.165) is 12.1 Å². The van der Waals surface area contributed by atoms with Crippen LogP contribution in [0.2, 0.25) is 0 Å². The molecule has 2 N–H and O–H groups in total. The summed E-state index contributed by atoms with van der Waals surface area (Å²) in [5.74, 6) is -0.272. The molecule has 0 heterocycles. The van der Waals surface area contributed by atoms with Crippen LogP contribution >= 0.6 is 12.4 Å². The lowest BCUT2D eigenvalue weighted by molar-refractivity contribution is 0.304. The minimum Gasteiger partial charge on any atom is -0.408 e. The van der Waals surface area contributed by atoms with Crippen LogP contribution in [0.3, 0.4) is 0 Å². The summed E-state index contributed by atoms with van der Waals surface area (Å²) in [5, 5.41) is 0. The van der Waals surface area contributed by atoms with E-state index in [0.29, 0.717) is 0 Å². The molecule has 0 fully saturated rings. The Bertz CT molecular complexity index is 282. The second-order valence-corrected chi connectivity index (χ2v) is 1.79. The second kappa shape index (κ2) is 4.18. The van der Waals surface area contributed by atoms with Gasteiger partial charge in [0.1, 0.15) is 0 Å². The molecule has 0 unspecified atom stereocenters. The molecule has 6 heteroatoms. The molecule has 0 bridgehead atoms. The fourth-order valence-corrected chi connectivity index (χ4v) is 0.599. The Kier molecular flexibility index (Phi) is 3.85. The Hall–Kier alpha value is -0.940. The number of nitrogens with two attached hydrogens (primary N) is 1. The van der Waals surface area contributed by atoms with Crippen molar-refractivity contribution in [1.29, 1.82) is 0 Å². The maximum Gasteiger partial charge on any atom is 0.206 e. The quantitative estimate of drug-likeness (QED) is 0.553. The summed E-state index contributed by atoms with van der Waals surface area (Å²) in [6.07, 6.45) is 0. The highest BCUT2D eigenvalue weighted by molar-refractivity contribution is 5.85. The van der Waals surface area contributed by atoms with Gasteiger partial charge in [-0.2, -0.15) is 10.3 Å². The first-order valence-electron chi connectivity index (χ1n) is 2.67. The lowest BCUT2D eigenvalue weighted by atomic mass is 10.3. The van der Waals surface area contributed by atoms with E-state index in [9.17, 15) is 13.2 Å². The van der Waals surface area contributed by atoms with Crippen LogP contribution in [0.15, 0.2) is 12.1 Å². The maximum atomic E-state index is 12.4. The van der Waals surface area contributed by atoms with E-state index in [4.69, 9.17) is 0 Å². The minimum atomic E-state index is -1.59. The Balaban J connectivity index is 0.00000121. The van der Waals surface area contributed by atoms with Gasteiger partial charge < -0.3 is 4.84 Å². The number of halogens is 4. The summed E-state index contributed by atoms with van der Waals surface area (Å²) in [6.45, 7) is 0. The van der Waals surface area contributed by atoms with Crippen molar-refractivity contribution in [1.82, 2.24) is 0 Å². The molecule has 0 radical (unpaired) electrons. The number of rotatable bonds is 1. The fraction of sp³-hybridized carbons (Fsp3) is 0. The van der Waals surface area contributed by atoms with E-state index in [1.165, 1.54) is 0 Å². The van der Waals surface area contributed by atoms with Gasteiger partial charge in [0.15, 0.2) is 17.4 Å². The van der Waals surface area contributed by atoms with E-state index in [1.54, 1.807) is 0 Å². The van der Waals surface area contributed by atoms with E-state index in [2.05, 4.69) is 10.7 Å². The van der Waals surface area contributed by atoms with Gasteiger partial charge in [0.2, 0.25) is 5.82 Å². The summed E-state index contributed by atoms with van der Waals surface area (Å²) >= 11 is 0. The van der Waals surface area contributed by atoms with Crippen LogP contribution in [0.5, 0.6) is 5.75 Å². The average Bonchev–Trinajstić information content (AvgIpc) is 2.01. The molecular formula is C6H5ClF3NO. The monoisotopic (exact) mass is 199 g/mol. The highest BCUT2D eigenvalue weighted by Gasteiger charge is 2.13. The van der Waals surface area contributed by atoms with Crippen LogP contribution in [-0.2, 0) is 0 Å². The van der Waals surface area contributed by atoms with Gasteiger partial charge in [-0.05, 0) is 12.1 Å². The Morgan fingerprint density at radius 2 is 1.67 bits per heavy atom. The van der Waals surface area contributed by atoms with E-state index >= 15 is 0 Å². The largest absolute Gasteiger partial charge is 0.408 e. The molecular weight excluding hydrogens is 195 g/mol. The van der Waals surface area contributed by atoms with Crippen molar-refractivity contribution in [3.63, 3.8) is 0 Å². The first-order valence-corrected chi connectivity index (χ1v) is 2.67. The second-order valence-electron chi connectivity index (χ2n) is 1.79. The Morgan fingerprint density at radius 3 is 2.17 bits per heavy atom. The van der Waals surface area contributed by atoms with Crippen molar-refractivity contribution in [3.05, 3.63) is 29.6 Å². The van der Waals surface area contributed by atoms with Gasteiger partial charge in [-0.15, -0.1) is 12.4 Å². The first-order chi connectivity index (χ1) is 5.16. The van der Waals surface area contributed by atoms with Gasteiger partial charge in [0, 0.05) is 0 Å². The molecule has 0 aliphatic carbocycles. The third-order valence-corrected chi connectivity index (χ3v) is 1.13. The van der Waals surface area contributed by atoms with Crippen LogP contribution in [0.1, 0.15) is 0 Å². The van der Waals surface area contributed by atoms with Crippen molar-refractivity contribution in [3.8, 4) is 5.75 Å². The highest BCUT2D eigenvalue weighted by Crippen LogP contribution is 2.20. The van der Waals surface area contributed by atoms with Crippen LogP contribution < -0.4 is 10.7 Å². The highest BCUT2D eigenvalue weighted by atomic mass is 35.5. The predicted octanol–water partition coefficient (Wildman–Crippen LogP) is 1.78. The normalized spacial score (nSPS) is 9.00. The van der Waals surface area contributed by atoms with Crippen LogP contribution in [0, 0.1) is 17.5 Å². The molecule has 0 spiro atoms. The summed E-state index contributed by atoms with van der Waals surface area (Å²) in [6, 6.07) is 1.62. The minimum absolute atomic E-state index is 0. The number of hydrogen-bond acceptors (Lipinski definition) is 2. The average molecular weight is 200 g/mol. The van der Waals surface area contributed by atoms with Crippen LogP contribution in [-0.4, -0.2) is 0 Å². The van der Waals surface area contributed by atoms with Crippen molar-refractivity contribution < 1.29 is 18.0 Å². The van der Waals surface area contributed by atoms with Crippen molar-refractivity contribution >= 4 is 12.4 Å². The van der Waals surface area contributed by atoms with Gasteiger partial charge in [0.05, 0.1) is 0 Å². The number of benzene rings is 1. The van der Waals surface area contributed by atoms with E-state index in [-0.39, 0.29) is 12.4 Å². The predicted molar refractivity (Wildman–Crippen MR) is 38.4 cm³/mol. The molecule has 0 atom stereocenters. The zero-order valence-electron chi connectivity index (χ0n) is 5.68. The summed E-state index contributed by atoms with van der Waals surface area (Å²) in [7, 11) is 0. The third kappa shape index (κ3) is 1.80. The molecule has 68 valence electrons. The Morgan fingerprint density at radius 1 is 1.08 bits per heavy atom. The van der Waals surface area contributed by atoms with Crippen molar-refractivity contribution in [2.45, 2.75) is 0 Å². The molecule has 0 saturated heterocycles. The van der Waals surface area contributed by atoms with Gasteiger partial charge in [-0.25, -0.2) is 8.78 Å². The maximum absolute atomic E-state index is 12.4. The molecule has 0 aromatic heterocycles. The molecule has 12 heavy (non-hydrogen) atoms. The lowest BCUT2D eigenvalue weighted by Crippen LogP contribution is -2.05. The first kappa shape index (κ1) is 11.1. The summed E-state index contributed by atoms with van der Waals surface area (Å²) in [5.41, 5.74) is 0. The molecule has 0 aliphatic rings. The van der Waals surface area contributed by atoms with Gasteiger partial charge in [-0.1, -0.05) is 0 Å². The fourth-order valence-electron chi connectivity index (χ4n) is 0.599. The van der Waals surface area contributed by atoms with E-state index < -0.39 is 23.2 Å². The van der Waals surface area contributed by atoms with Crippen LogP contribution in [0.4, 0.5) is 13.2 Å². The zero-order valence-corrected chi connectivity index (χ0v) is 6.50. The van der Waals surface area contributed by atoms with Gasteiger partial charge >= 0.3 is 0 Å². The van der Waals surface area contributed by atoms with Gasteiger partial charge in [-0.3, -0.25) is 0 Å². The van der Waals surface area contributed by atoms with Crippen molar-refractivity contribution in [2.24, 2.45) is 5.90 Å². The van der Waals surface area contributed by atoms with Gasteiger partial charge in [0.25, 0.3) is 0 Å². The van der Waals surface area contributed by atoms with Crippen molar-refractivity contribution in [2.75, 3.05) is 0 Å². The summed E-state index contributed by atoms with van der Waals surface area (Å²) < 4.78 is 36.9. The standard InChI is InChI=1S/C6H4F3NO.ClH/c7-3-1-2-4(11-10)6(9)5(3)8;/h1-2H,10H2;1H. The SMILES string of the molecule is Cl.NOc1ccc(F)c(F)c1F. The molecule has 1 aromatic rings. The molecule has 1 rings (SSSR count). The Labute approximate surface area is 72.5 Å². The lowest BCUT2D eigenvalue weighted by Gasteiger charge is -2.00. The molecule has 0 aliphatic heterocycles. The summed E-state index contributed by atoms with van der Waals surface area (Å²) in [4.78, 5) is 3.90. The van der Waals surface area contributed by atoms with E-state index in [1.807, 2.05) is 0 Å². The smallest absolute Gasteiger partial charge is 0.206 e. The topological polar surface area (TPSA) is 35.2 Å². The molecule has 0 amide bonds.